The zero-order valence-electron chi connectivity index (χ0n) is 17.1. The number of hydrogen-bond donors (Lipinski definition) is 1. The molecule has 0 saturated carbocycles. The van der Waals surface area contributed by atoms with Crippen LogP contribution in [-0.2, 0) is 30.9 Å². The van der Waals surface area contributed by atoms with E-state index in [1.165, 1.54) is 12.0 Å². The fourth-order valence-electron chi connectivity index (χ4n) is 3.98. The average molecular weight is 510 g/mol. The van der Waals surface area contributed by atoms with Gasteiger partial charge in [0, 0.05) is 38.5 Å². The summed E-state index contributed by atoms with van der Waals surface area (Å²) in [4.78, 5) is 7.19. The Morgan fingerprint density at radius 1 is 1.24 bits per heavy atom. The third kappa shape index (κ3) is 5.69. The van der Waals surface area contributed by atoms with Crippen molar-refractivity contribution in [3.63, 3.8) is 0 Å². The molecule has 0 bridgehead atoms. The van der Waals surface area contributed by atoms with Crippen LogP contribution in [0.15, 0.2) is 35.3 Å². The van der Waals surface area contributed by atoms with E-state index in [1.54, 1.807) is 0 Å². The zero-order valence-corrected chi connectivity index (χ0v) is 19.4. The topological polar surface area (TPSA) is 67.6 Å². The van der Waals surface area contributed by atoms with E-state index in [4.69, 9.17) is 9.73 Å². The van der Waals surface area contributed by atoms with Crippen molar-refractivity contribution in [1.29, 1.82) is 0 Å². The van der Waals surface area contributed by atoms with Crippen molar-refractivity contribution in [3.8, 4) is 0 Å². The number of guanidine groups is 1. The van der Waals surface area contributed by atoms with E-state index in [0.717, 1.165) is 63.2 Å². The Labute approximate surface area is 190 Å². The van der Waals surface area contributed by atoms with E-state index in [9.17, 15) is 0 Å². The maximum absolute atomic E-state index is 5.95. The number of halogens is 1. The molecule has 4 rings (SSSR count). The summed E-state index contributed by atoms with van der Waals surface area (Å²) < 4.78 is 8.17. The van der Waals surface area contributed by atoms with Gasteiger partial charge in [0.25, 0.3) is 0 Å². The summed E-state index contributed by atoms with van der Waals surface area (Å²) in [6.45, 7) is 8.06. The standard InChI is InChI=1S/C21H30N6O.HI/c1-2-22-21(23-13-20-25-24-19-9-6-11-27(19)20)26-12-10-18(14-26)16-28-15-17-7-4-3-5-8-17;/h3-5,7-8,18H,2,6,9-16H2,1H3,(H,22,23);1H. The van der Waals surface area contributed by atoms with Crippen molar-refractivity contribution in [3.05, 3.63) is 47.5 Å². The number of ether oxygens (including phenoxy) is 1. The number of aliphatic imine (C=N–C) groups is 1. The number of fused-ring (bicyclic) bond motifs is 1. The molecule has 1 fully saturated rings. The van der Waals surface area contributed by atoms with Crippen LogP contribution in [0, 0.1) is 5.92 Å². The Morgan fingerprint density at radius 3 is 2.93 bits per heavy atom. The first-order chi connectivity index (χ1) is 13.8. The van der Waals surface area contributed by atoms with Crippen LogP contribution in [0.25, 0.3) is 0 Å². The summed E-state index contributed by atoms with van der Waals surface area (Å²) in [6, 6.07) is 10.4. The Morgan fingerprint density at radius 2 is 2.10 bits per heavy atom. The van der Waals surface area contributed by atoms with Gasteiger partial charge in [-0.3, -0.25) is 0 Å². The predicted molar refractivity (Wildman–Crippen MR) is 124 cm³/mol. The van der Waals surface area contributed by atoms with Gasteiger partial charge in [0.1, 0.15) is 12.4 Å². The molecule has 1 unspecified atom stereocenters. The maximum Gasteiger partial charge on any atom is 0.194 e. The molecule has 8 heteroatoms. The number of rotatable bonds is 7. The van der Waals surface area contributed by atoms with Crippen LogP contribution in [0.2, 0.25) is 0 Å². The molecular weight excluding hydrogens is 479 g/mol. The highest BCUT2D eigenvalue weighted by molar-refractivity contribution is 14.0. The Hall–Kier alpha value is -1.68. The number of aromatic nitrogens is 3. The van der Waals surface area contributed by atoms with Crippen molar-refractivity contribution in [2.75, 3.05) is 26.2 Å². The number of nitrogens with zero attached hydrogens (tertiary/aromatic N) is 5. The van der Waals surface area contributed by atoms with Crippen molar-refractivity contribution in [1.82, 2.24) is 25.0 Å². The molecule has 1 aromatic heterocycles. The number of hydrogen-bond acceptors (Lipinski definition) is 4. The molecule has 7 nitrogen and oxygen atoms in total. The predicted octanol–water partition coefficient (Wildman–Crippen LogP) is 2.85. The molecule has 1 N–H and O–H groups in total. The van der Waals surface area contributed by atoms with E-state index in [-0.39, 0.29) is 24.0 Å². The van der Waals surface area contributed by atoms with Gasteiger partial charge in [-0.2, -0.15) is 0 Å². The highest BCUT2D eigenvalue weighted by Crippen LogP contribution is 2.18. The Balaban J connectivity index is 0.00000240. The first-order valence-electron chi connectivity index (χ1n) is 10.4. The van der Waals surface area contributed by atoms with Crippen LogP contribution in [0.5, 0.6) is 0 Å². The third-order valence-electron chi connectivity index (χ3n) is 5.44. The molecule has 0 radical (unpaired) electrons. The van der Waals surface area contributed by atoms with Crippen LogP contribution < -0.4 is 5.32 Å². The van der Waals surface area contributed by atoms with Crippen LogP contribution in [0.4, 0.5) is 0 Å². The van der Waals surface area contributed by atoms with Gasteiger partial charge in [-0.15, -0.1) is 34.2 Å². The van der Waals surface area contributed by atoms with Crippen LogP contribution in [0.3, 0.4) is 0 Å². The maximum atomic E-state index is 5.95. The normalized spacial score (nSPS) is 18.6. The van der Waals surface area contributed by atoms with E-state index in [1.807, 2.05) is 6.07 Å². The molecule has 0 aliphatic carbocycles. The summed E-state index contributed by atoms with van der Waals surface area (Å²) in [5.41, 5.74) is 1.23. The van der Waals surface area contributed by atoms with Gasteiger partial charge in [0.05, 0.1) is 13.2 Å². The molecule has 1 atom stereocenters. The molecule has 1 aromatic carbocycles. The third-order valence-corrected chi connectivity index (χ3v) is 5.44. The number of nitrogens with one attached hydrogen (secondary N) is 1. The molecule has 3 heterocycles. The smallest absolute Gasteiger partial charge is 0.194 e. The minimum Gasteiger partial charge on any atom is -0.376 e. The Kier molecular flexibility index (Phi) is 8.29. The van der Waals surface area contributed by atoms with Crippen molar-refractivity contribution >= 4 is 29.9 Å². The zero-order chi connectivity index (χ0) is 19.2. The highest BCUT2D eigenvalue weighted by atomic mass is 127. The van der Waals surface area contributed by atoms with Crippen LogP contribution in [-0.4, -0.2) is 51.9 Å². The fraction of sp³-hybridized carbons (Fsp3) is 0.571. The van der Waals surface area contributed by atoms with E-state index < -0.39 is 0 Å². The molecule has 158 valence electrons. The van der Waals surface area contributed by atoms with E-state index >= 15 is 0 Å². The molecular formula is C21H31IN6O. The lowest BCUT2D eigenvalue weighted by Gasteiger charge is -2.21. The molecule has 1 saturated heterocycles. The van der Waals surface area contributed by atoms with Gasteiger partial charge in [0.2, 0.25) is 0 Å². The van der Waals surface area contributed by atoms with Crippen molar-refractivity contribution in [2.24, 2.45) is 10.9 Å². The summed E-state index contributed by atoms with van der Waals surface area (Å²) in [5, 5.41) is 12.0. The van der Waals surface area contributed by atoms with E-state index in [0.29, 0.717) is 19.1 Å². The SMILES string of the molecule is CCNC(=NCc1nnc2n1CCC2)N1CCC(COCc2ccccc2)C1.I. The van der Waals surface area contributed by atoms with E-state index in [2.05, 4.69) is 56.2 Å². The average Bonchev–Trinajstić information content (AvgIpc) is 3.44. The first-order valence-corrected chi connectivity index (χ1v) is 10.4. The summed E-state index contributed by atoms with van der Waals surface area (Å²) in [6.07, 6.45) is 3.34. The van der Waals surface area contributed by atoms with Crippen molar-refractivity contribution < 1.29 is 4.74 Å². The molecule has 0 amide bonds. The van der Waals surface area contributed by atoms with Gasteiger partial charge in [-0.1, -0.05) is 30.3 Å². The highest BCUT2D eigenvalue weighted by Gasteiger charge is 2.25. The lowest BCUT2D eigenvalue weighted by molar-refractivity contribution is 0.0906. The van der Waals surface area contributed by atoms with Crippen molar-refractivity contribution in [2.45, 2.75) is 45.9 Å². The van der Waals surface area contributed by atoms with Gasteiger partial charge < -0.3 is 19.5 Å². The first kappa shape index (κ1) is 22.0. The van der Waals surface area contributed by atoms with Gasteiger partial charge in [-0.05, 0) is 25.3 Å². The number of benzene rings is 1. The monoisotopic (exact) mass is 510 g/mol. The molecule has 2 aliphatic rings. The molecule has 29 heavy (non-hydrogen) atoms. The van der Waals surface area contributed by atoms with Gasteiger partial charge in [-0.25, -0.2) is 4.99 Å². The Bertz CT molecular complexity index is 794. The second-order valence-corrected chi connectivity index (χ2v) is 7.56. The molecule has 0 spiro atoms. The quantitative estimate of drug-likeness (QED) is 0.353. The van der Waals surface area contributed by atoms with Crippen LogP contribution in [0.1, 0.15) is 37.0 Å². The lowest BCUT2D eigenvalue weighted by atomic mass is 10.1. The largest absolute Gasteiger partial charge is 0.376 e. The number of aryl methyl sites for hydroxylation is 1. The summed E-state index contributed by atoms with van der Waals surface area (Å²) >= 11 is 0. The summed E-state index contributed by atoms with van der Waals surface area (Å²) in [5.74, 6) is 3.60. The lowest BCUT2D eigenvalue weighted by Crippen LogP contribution is -2.40. The second-order valence-electron chi connectivity index (χ2n) is 7.56. The fourth-order valence-corrected chi connectivity index (χ4v) is 3.98. The number of likely N-dealkylation sites (tertiary alicyclic amines) is 1. The molecule has 2 aromatic rings. The summed E-state index contributed by atoms with van der Waals surface area (Å²) in [7, 11) is 0. The van der Waals surface area contributed by atoms with Gasteiger partial charge >= 0.3 is 0 Å². The van der Waals surface area contributed by atoms with Gasteiger partial charge in [0.15, 0.2) is 11.8 Å². The minimum atomic E-state index is 0. The second kappa shape index (κ2) is 10.9. The minimum absolute atomic E-state index is 0. The van der Waals surface area contributed by atoms with Crippen LogP contribution >= 0.6 is 24.0 Å². The molecule has 2 aliphatic heterocycles.